The summed E-state index contributed by atoms with van der Waals surface area (Å²) >= 11 is 13.6. The largest absolute Gasteiger partial charge is 0.410 e. The van der Waals surface area contributed by atoms with Crippen LogP contribution in [-0.2, 0) is 5.75 Å². The first-order chi connectivity index (χ1) is 8.58. The Kier molecular flexibility index (Phi) is 4.50. The summed E-state index contributed by atoms with van der Waals surface area (Å²) in [6.07, 6.45) is 0. The van der Waals surface area contributed by atoms with Gasteiger partial charge in [0.2, 0.25) is 0 Å². The van der Waals surface area contributed by atoms with Crippen LogP contribution in [0.4, 0.5) is 0 Å². The number of nitrogens with zero attached hydrogens (tertiary/aromatic N) is 2. The number of quaternary nitrogens is 1. The summed E-state index contributed by atoms with van der Waals surface area (Å²) in [5.74, 6) is 1.12. The fourth-order valence-corrected chi connectivity index (χ4v) is 2.79. The topological polar surface area (TPSA) is 66.6 Å². The molecule has 0 bridgehead atoms. The number of thioether (sulfide) groups is 1. The molecule has 1 aromatic heterocycles. The van der Waals surface area contributed by atoms with Crippen LogP contribution >= 0.6 is 35.0 Å². The maximum absolute atomic E-state index is 6.08. The van der Waals surface area contributed by atoms with Gasteiger partial charge in [-0.15, -0.1) is 10.2 Å². The monoisotopic (exact) mass is 304 g/mol. The van der Waals surface area contributed by atoms with Crippen LogP contribution in [0, 0.1) is 0 Å². The molecule has 3 N–H and O–H groups in total. The van der Waals surface area contributed by atoms with Crippen molar-refractivity contribution in [1.29, 1.82) is 0 Å². The first-order valence-electron chi connectivity index (χ1n) is 5.30. The highest BCUT2D eigenvalue weighted by atomic mass is 35.5. The molecule has 0 fully saturated rings. The first-order valence-corrected chi connectivity index (χ1v) is 7.04. The van der Waals surface area contributed by atoms with Crippen LogP contribution in [0.15, 0.2) is 27.8 Å². The van der Waals surface area contributed by atoms with Crippen molar-refractivity contribution in [3.63, 3.8) is 0 Å². The number of benzene rings is 1. The van der Waals surface area contributed by atoms with Crippen molar-refractivity contribution >= 4 is 35.0 Å². The quantitative estimate of drug-likeness (QED) is 0.882. The van der Waals surface area contributed by atoms with Crippen LogP contribution in [0.3, 0.4) is 0 Å². The third-order valence-corrected chi connectivity index (χ3v) is 3.80. The summed E-state index contributed by atoms with van der Waals surface area (Å²) in [4.78, 5) is 0. The second-order valence-electron chi connectivity index (χ2n) is 3.80. The molecule has 1 atom stereocenters. The molecule has 0 saturated heterocycles. The van der Waals surface area contributed by atoms with Crippen molar-refractivity contribution in [2.24, 2.45) is 0 Å². The Morgan fingerprint density at radius 3 is 2.56 bits per heavy atom. The lowest BCUT2D eigenvalue weighted by Crippen LogP contribution is -2.51. The van der Waals surface area contributed by atoms with Crippen molar-refractivity contribution in [2.75, 3.05) is 0 Å². The highest BCUT2D eigenvalue weighted by molar-refractivity contribution is 7.98. The summed E-state index contributed by atoms with van der Waals surface area (Å²) in [6, 6.07) is 5.41. The van der Waals surface area contributed by atoms with Crippen LogP contribution < -0.4 is 5.73 Å². The molecule has 1 aromatic carbocycles. The van der Waals surface area contributed by atoms with E-state index in [1.54, 1.807) is 12.1 Å². The summed E-state index contributed by atoms with van der Waals surface area (Å²) in [5.41, 5.74) is 4.69. The van der Waals surface area contributed by atoms with Gasteiger partial charge in [0, 0.05) is 15.8 Å². The molecule has 7 heteroatoms. The summed E-state index contributed by atoms with van der Waals surface area (Å²) < 4.78 is 5.44. The third-order valence-electron chi connectivity index (χ3n) is 2.25. The lowest BCUT2D eigenvalue weighted by molar-refractivity contribution is -0.425. The van der Waals surface area contributed by atoms with E-state index in [2.05, 4.69) is 15.9 Å². The fraction of sp³-hybridized carbons (Fsp3) is 0.273. The molecule has 0 amide bonds. The van der Waals surface area contributed by atoms with Gasteiger partial charge in [-0.25, -0.2) is 0 Å². The molecule has 1 heterocycles. The molecule has 0 aliphatic heterocycles. The Morgan fingerprint density at radius 2 is 2.00 bits per heavy atom. The number of aromatic nitrogens is 2. The minimum atomic E-state index is -0.0178. The van der Waals surface area contributed by atoms with E-state index < -0.39 is 0 Å². The average molecular weight is 305 g/mol. The zero-order chi connectivity index (χ0) is 13.1. The molecule has 0 spiro atoms. The zero-order valence-corrected chi connectivity index (χ0v) is 12.0. The van der Waals surface area contributed by atoms with E-state index in [0.29, 0.717) is 26.9 Å². The van der Waals surface area contributed by atoms with Crippen LogP contribution in [-0.4, -0.2) is 10.2 Å². The standard InChI is InChI=1S/C11H11Cl2N3OS/c1-6(14)10-15-16-11(17-10)18-5-7-8(12)3-2-4-9(7)13/h2-4,6H,5,14H2,1H3/p+1. The van der Waals surface area contributed by atoms with Gasteiger partial charge in [0.15, 0.2) is 6.04 Å². The average Bonchev–Trinajstić information content (AvgIpc) is 2.77. The highest BCUT2D eigenvalue weighted by Gasteiger charge is 2.14. The van der Waals surface area contributed by atoms with Crippen molar-refractivity contribution in [3.8, 4) is 0 Å². The van der Waals surface area contributed by atoms with E-state index in [4.69, 9.17) is 27.6 Å². The van der Waals surface area contributed by atoms with E-state index >= 15 is 0 Å². The van der Waals surface area contributed by atoms with E-state index in [0.717, 1.165) is 5.56 Å². The molecule has 0 aliphatic carbocycles. The van der Waals surface area contributed by atoms with E-state index in [9.17, 15) is 0 Å². The molecular weight excluding hydrogens is 293 g/mol. The smallest absolute Gasteiger partial charge is 0.277 e. The second kappa shape index (κ2) is 5.93. The Labute approximate surface area is 119 Å². The molecular formula is C11H12Cl2N3OS+. The van der Waals surface area contributed by atoms with E-state index in [1.165, 1.54) is 11.8 Å². The normalized spacial score (nSPS) is 12.7. The number of rotatable bonds is 4. The Bertz CT molecular complexity index is 525. The van der Waals surface area contributed by atoms with Gasteiger partial charge in [0.25, 0.3) is 11.1 Å². The van der Waals surface area contributed by atoms with Crippen molar-refractivity contribution in [1.82, 2.24) is 10.2 Å². The Hall–Kier alpha value is -0.750. The number of hydrogen-bond acceptors (Lipinski definition) is 4. The number of halogens is 2. The minimum absolute atomic E-state index is 0.0178. The molecule has 0 radical (unpaired) electrons. The van der Waals surface area contributed by atoms with Crippen molar-refractivity contribution in [3.05, 3.63) is 39.7 Å². The van der Waals surface area contributed by atoms with Crippen molar-refractivity contribution < 1.29 is 10.2 Å². The van der Waals surface area contributed by atoms with Crippen molar-refractivity contribution in [2.45, 2.75) is 23.9 Å². The third kappa shape index (κ3) is 3.17. The Morgan fingerprint density at radius 1 is 1.33 bits per heavy atom. The minimum Gasteiger partial charge on any atom is -0.410 e. The molecule has 2 rings (SSSR count). The predicted molar refractivity (Wildman–Crippen MR) is 71.6 cm³/mol. The SMILES string of the molecule is CC([NH3+])c1nnc(SCc2c(Cl)cccc2Cl)o1. The van der Waals surface area contributed by atoms with Gasteiger partial charge in [-0.2, -0.15) is 0 Å². The van der Waals surface area contributed by atoms with Gasteiger partial charge in [-0.3, -0.25) is 0 Å². The maximum atomic E-state index is 6.08. The molecule has 0 saturated carbocycles. The van der Waals surface area contributed by atoms with Gasteiger partial charge in [-0.1, -0.05) is 41.0 Å². The van der Waals surface area contributed by atoms with Gasteiger partial charge in [0.05, 0.1) is 0 Å². The molecule has 1 unspecified atom stereocenters. The zero-order valence-electron chi connectivity index (χ0n) is 9.69. The molecule has 0 aliphatic rings. The fourth-order valence-electron chi connectivity index (χ4n) is 1.28. The van der Waals surface area contributed by atoms with Crippen LogP contribution in [0.2, 0.25) is 10.0 Å². The van der Waals surface area contributed by atoms with Gasteiger partial charge >= 0.3 is 0 Å². The summed E-state index contributed by atoms with van der Waals surface area (Å²) in [5, 5.41) is 9.61. The number of hydrogen-bond donors (Lipinski definition) is 1. The molecule has 2 aromatic rings. The molecule has 4 nitrogen and oxygen atoms in total. The lowest BCUT2D eigenvalue weighted by atomic mass is 10.2. The molecule has 96 valence electrons. The Balaban J connectivity index is 2.07. The van der Waals surface area contributed by atoms with E-state index in [-0.39, 0.29) is 6.04 Å². The van der Waals surface area contributed by atoms with Gasteiger partial charge in [-0.05, 0) is 24.6 Å². The summed E-state index contributed by atoms with van der Waals surface area (Å²) in [7, 11) is 0. The summed E-state index contributed by atoms with van der Waals surface area (Å²) in [6.45, 7) is 1.90. The highest BCUT2D eigenvalue weighted by Crippen LogP contribution is 2.31. The van der Waals surface area contributed by atoms with Crippen LogP contribution in [0.5, 0.6) is 0 Å². The predicted octanol–water partition coefficient (Wildman–Crippen LogP) is 2.97. The first kappa shape index (κ1) is 13.7. The second-order valence-corrected chi connectivity index (χ2v) is 5.54. The van der Waals surface area contributed by atoms with Crippen LogP contribution in [0.1, 0.15) is 24.4 Å². The maximum Gasteiger partial charge on any atom is 0.277 e. The van der Waals surface area contributed by atoms with Gasteiger partial charge in [0.1, 0.15) is 0 Å². The molecule has 18 heavy (non-hydrogen) atoms. The van der Waals surface area contributed by atoms with Crippen LogP contribution in [0.25, 0.3) is 0 Å². The van der Waals surface area contributed by atoms with Gasteiger partial charge < -0.3 is 10.2 Å². The lowest BCUT2D eigenvalue weighted by Gasteiger charge is -2.04. The van der Waals surface area contributed by atoms with E-state index in [1.807, 2.05) is 13.0 Å².